The molecule has 2 rings (SSSR count). The van der Waals surface area contributed by atoms with E-state index in [-0.39, 0.29) is 12.6 Å². The van der Waals surface area contributed by atoms with Crippen molar-refractivity contribution in [3.63, 3.8) is 0 Å². The van der Waals surface area contributed by atoms with Crippen LogP contribution in [0.15, 0.2) is 34.6 Å². The SMILES string of the molecule is CCNC(=NCc1nc(C(F)(F)F)cs1)NCC(c1ccc(OC)cc1)N(C)C. The van der Waals surface area contributed by atoms with Crippen LogP contribution in [-0.2, 0) is 12.7 Å². The molecule has 29 heavy (non-hydrogen) atoms. The number of hydrogen-bond acceptors (Lipinski definition) is 5. The van der Waals surface area contributed by atoms with Gasteiger partial charge in [0.1, 0.15) is 10.8 Å². The number of guanidine groups is 1. The zero-order chi connectivity index (χ0) is 21.4. The lowest BCUT2D eigenvalue weighted by molar-refractivity contribution is -0.140. The zero-order valence-electron chi connectivity index (χ0n) is 16.9. The fraction of sp³-hybridized carbons (Fsp3) is 0.474. The molecule has 10 heteroatoms. The molecule has 0 saturated carbocycles. The summed E-state index contributed by atoms with van der Waals surface area (Å²) in [6.45, 7) is 3.20. The summed E-state index contributed by atoms with van der Waals surface area (Å²) in [5.74, 6) is 1.31. The largest absolute Gasteiger partial charge is 0.497 e. The van der Waals surface area contributed by atoms with Crippen LogP contribution in [0, 0.1) is 0 Å². The number of alkyl halides is 3. The molecule has 0 radical (unpaired) electrons. The van der Waals surface area contributed by atoms with Crippen LogP contribution in [-0.4, -0.2) is 50.1 Å². The molecule has 0 saturated heterocycles. The van der Waals surface area contributed by atoms with Crippen molar-refractivity contribution < 1.29 is 17.9 Å². The summed E-state index contributed by atoms with van der Waals surface area (Å²) in [7, 11) is 5.59. The van der Waals surface area contributed by atoms with Gasteiger partial charge in [0.2, 0.25) is 0 Å². The van der Waals surface area contributed by atoms with E-state index in [0.29, 0.717) is 24.1 Å². The number of thiazole rings is 1. The summed E-state index contributed by atoms with van der Waals surface area (Å²) in [6, 6.07) is 7.89. The number of ether oxygens (including phenoxy) is 1. The second-order valence-corrected chi connectivity index (χ2v) is 7.40. The molecule has 0 amide bonds. The summed E-state index contributed by atoms with van der Waals surface area (Å²) < 4.78 is 43.3. The van der Waals surface area contributed by atoms with Crippen LogP contribution in [0.1, 0.15) is 29.2 Å². The van der Waals surface area contributed by atoms with Gasteiger partial charge in [0.25, 0.3) is 0 Å². The molecule has 0 aliphatic heterocycles. The first-order valence-electron chi connectivity index (χ1n) is 9.08. The third-order valence-corrected chi connectivity index (χ3v) is 4.98. The Morgan fingerprint density at radius 2 is 1.93 bits per heavy atom. The first kappa shape index (κ1) is 23.0. The Kier molecular flexibility index (Phi) is 8.27. The summed E-state index contributed by atoms with van der Waals surface area (Å²) in [5, 5.41) is 7.69. The zero-order valence-corrected chi connectivity index (χ0v) is 17.7. The van der Waals surface area contributed by atoms with Gasteiger partial charge >= 0.3 is 6.18 Å². The molecule has 1 atom stereocenters. The van der Waals surface area contributed by atoms with Crippen LogP contribution >= 0.6 is 11.3 Å². The predicted octanol–water partition coefficient (Wildman–Crippen LogP) is 3.53. The van der Waals surface area contributed by atoms with Crippen LogP contribution in [0.2, 0.25) is 0 Å². The van der Waals surface area contributed by atoms with Crippen LogP contribution < -0.4 is 15.4 Å². The quantitative estimate of drug-likeness (QED) is 0.497. The molecule has 0 spiro atoms. The smallest absolute Gasteiger partial charge is 0.434 e. The van der Waals surface area contributed by atoms with Gasteiger partial charge in [-0.05, 0) is 38.7 Å². The molecule has 1 heterocycles. The second kappa shape index (κ2) is 10.4. The Bertz CT molecular complexity index is 790. The monoisotopic (exact) mass is 429 g/mol. The van der Waals surface area contributed by atoms with Crippen molar-refractivity contribution in [3.05, 3.63) is 45.9 Å². The maximum absolute atomic E-state index is 12.7. The van der Waals surface area contributed by atoms with E-state index >= 15 is 0 Å². The fourth-order valence-electron chi connectivity index (χ4n) is 2.62. The van der Waals surface area contributed by atoms with E-state index in [1.165, 1.54) is 0 Å². The molecule has 2 aromatic rings. The third kappa shape index (κ3) is 6.90. The molecule has 1 unspecified atom stereocenters. The Morgan fingerprint density at radius 1 is 1.24 bits per heavy atom. The van der Waals surface area contributed by atoms with Gasteiger partial charge in [-0.25, -0.2) is 9.98 Å². The molecule has 1 aromatic carbocycles. The van der Waals surface area contributed by atoms with Crippen molar-refractivity contribution in [2.75, 3.05) is 34.3 Å². The maximum atomic E-state index is 12.7. The van der Waals surface area contributed by atoms with E-state index in [0.717, 1.165) is 28.0 Å². The number of rotatable bonds is 8. The summed E-state index contributed by atoms with van der Waals surface area (Å²) in [4.78, 5) is 10.1. The van der Waals surface area contributed by atoms with Crippen molar-refractivity contribution in [1.29, 1.82) is 0 Å². The molecule has 0 aliphatic carbocycles. The van der Waals surface area contributed by atoms with E-state index < -0.39 is 11.9 Å². The van der Waals surface area contributed by atoms with E-state index in [4.69, 9.17) is 4.74 Å². The van der Waals surface area contributed by atoms with Gasteiger partial charge in [0.15, 0.2) is 11.7 Å². The molecular weight excluding hydrogens is 403 g/mol. The van der Waals surface area contributed by atoms with E-state index in [9.17, 15) is 13.2 Å². The molecule has 0 fully saturated rings. The number of methoxy groups -OCH3 is 1. The van der Waals surface area contributed by atoms with Gasteiger partial charge in [0, 0.05) is 18.5 Å². The highest BCUT2D eigenvalue weighted by atomic mass is 32.1. The van der Waals surface area contributed by atoms with Crippen molar-refractivity contribution >= 4 is 17.3 Å². The highest BCUT2D eigenvalue weighted by Crippen LogP contribution is 2.30. The first-order valence-corrected chi connectivity index (χ1v) is 9.96. The van der Waals surface area contributed by atoms with E-state index in [1.54, 1.807) is 7.11 Å². The van der Waals surface area contributed by atoms with Crippen molar-refractivity contribution in [2.45, 2.75) is 25.7 Å². The lowest BCUT2D eigenvalue weighted by Crippen LogP contribution is -2.41. The molecule has 0 aliphatic rings. The minimum atomic E-state index is -4.43. The number of hydrogen-bond donors (Lipinski definition) is 2. The molecule has 1 aromatic heterocycles. The number of nitrogens with zero attached hydrogens (tertiary/aromatic N) is 3. The van der Waals surface area contributed by atoms with Gasteiger partial charge < -0.3 is 20.3 Å². The van der Waals surface area contributed by atoms with Crippen LogP contribution in [0.5, 0.6) is 5.75 Å². The van der Waals surface area contributed by atoms with Crippen molar-refractivity contribution in [2.24, 2.45) is 4.99 Å². The lowest BCUT2D eigenvalue weighted by Gasteiger charge is -2.26. The van der Waals surface area contributed by atoms with Gasteiger partial charge in [-0.1, -0.05) is 12.1 Å². The molecule has 0 bridgehead atoms. The van der Waals surface area contributed by atoms with Crippen molar-refractivity contribution in [1.82, 2.24) is 20.5 Å². The Balaban J connectivity index is 2.05. The molecule has 6 nitrogen and oxygen atoms in total. The summed E-state index contributed by atoms with van der Waals surface area (Å²) in [6.07, 6.45) is -4.43. The topological polar surface area (TPSA) is 61.8 Å². The van der Waals surface area contributed by atoms with Crippen molar-refractivity contribution in [3.8, 4) is 5.75 Å². The van der Waals surface area contributed by atoms with Gasteiger partial charge in [-0.3, -0.25) is 0 Å². The van der Waals surface area contributed by atoms with E-state index in [2.05, 4.69) is 25.5 Å². The Labute approximate surface area is 172 Å². The summed E-state index contributed by atoms with van der Waals surface area (Å²) in [5.41, 5.74) is 0.228. The minimum Gasteiger partial charge on any atom is -0.497 e. The second-order valence-electron chi connectivity index (χ2n) is 6.45. The standard InChI is InChI=1S/C19H26F3N5OS/c1-5-23-18(25-11-17-26-16(12-29-17)19(20,21)22)24-10-15(27(2)3)13-6-8-14(28-4)9-7-13/h6-9,12,15H,5,10-11H2,1-4H3,(H2,23,24,25). The van der Waals surface area contributed by atoms with Gasteiger partial charge in [-0.15, -0.1) is 11.3 Å². The highest BCUT2D eigenvalue weighted by molar-refractivity contribution is 7.09. The molecule has 2 N–H and O–H groups in total. The minimum absolute atomic E-state index is 0.0708. The fourth-order valence-corrected chi connectivity index (χ4v) is 3.34. The first-order chi connectivity index (χ1) is 13.7. The normalized spacial score (nSPS) is 13.4. The van der Waals surface area contributed by atoms with Gasteiger partial charge in [-0.2, -0.15) is 13.2 Å². The molecule has 160 valence electrons. The average Bonchev–Trinajstić information content (AvgIpc) is 3.16. The van der Waals surface area contributed by atoms with Crippen LogP contribution in [0.25, 0.3) is 0 Å². The Morgan fingerprint density at radius 3 is 2.45 bits per heavy atom. The number of halogens is 3. The number of aliphatic imine (C=N–C) groups is 1. The predicted molar refractivity (Wildman–Crippen MR) is 109 cm³/mol. The maximum Gasteiger partial charge on any atom is 0.434 e. The van der Waals surface area contributed by atoms with Gasteiger partial charge in [0.05, 0.1) is 19.7 Å². The van der Waals surface area contributed by atoms with E-state index in [1.807, 2.05) is 45.3 Å². The Hall–Kier alpha value is -2.33. The number of nitrogens with one attached hydrogen (secondary N) is 2. The lowest BCUT2D eigenvalue weighted by atomic mass is 10.1. The van der Waals surface area contributed by atoms with Crippen LogP contribution in [0.4, 0.5) is 13.2 Å². The highest BCUT2D eigenvalue weighted by Gasteiger charge is 2.33. The summed E-state index contributed by atoms with van der Waals surface area (Å²) >= 11 is 0.952. The van der Waals surface area contributed by atoms with Crippen LogP contribution in [0.3, 0.4) is 0 Å². The average molecular weight is 430 g/mol. The number of aromatic nitrogens is 1. The number of benzene rings is 1. The molecular formula is C19H26F3N5OS. The third-order valence-electron chi connectivity index (χ3n) is 4.15. The number of likely N-dealkylation sites (N-methyl/N-ethyl adjacent to an activating group) is 1.